The summed E-state index contributed by atoms with van der Waals surface area (Å²) in [7, 11) is 0. The van der Waals surface area contributed by atoms with E-state index in [1.165, 1.54) is 0 Å². The Morgan fingerprint density at radius 1 is 1.31 bits per heavy atom. The summed E-state index contributed by atoms with van der Waals surface area (Å²) in [5, 5.41) is 0. The van der Waals surface area contributed by atoms with E-state index in [-0.39, 0.29) is 5.78 Å². The Hall–Kier alpha value is -1.19. The monoisotopic (exact) mass is 178 g/mol. The molecule has 0 amide bonds. The molecule has 0 aliphatic rings. The number of Topliss-reactive ketones (excluding diaryl/α,β-unsaturated/α-hetero) is 1. The van der Waals surface area contributed by atoms with Gasteiger partial charge >= 0.3 is 0 Å². The fourth-order valence-electron chi connectivity index (χ4n) is 1.13. The van der Waals surface area contributed by atoms with E-state index in [1.54, 1.807) is 12.1 Å². The number of nitrogens with two attached hydrogens (primary N) is 2. The zero-order valence-electron chi connectivity index (χ0n) is 7.44. The molecule has 13 heavy (non-hydrogen) atoms. The Bertz CT molecular complexity index is 272. The zero-order chi connectivity index (χ0) is 9.68. The number of ketones is 1. The number of benzene rings is 1. The van der Waals surface area contributed by atoms with Crippen LogP contribution in [0.2, 0.25) is 0 Å². The molecule has 1 atom stereocenters. The van der Waals surface area contributed by atoms with E-state index in [0.29, 0.717) is 18.5 Å². The van der Waals surface area contributed by atoms with Crippen LogP contribution >= 0.6 is 0 Å². The topological polar surface area (TPSA) is 69.1 Å². The van der Waals surface area contributed by atoms with Gasteiger partial charge in [0.15, 0.2) is 5.78 Å². The molecule has 0 spiro atoms. The van der Waals surface area contributed by atoms with Crippen LogP contribution in [0.5, 0.6) is 0 Å². The molecule has 0 saturated heterocycles. The molecule has 1 rings (SSSR count). The minimum absolute atomic E-state index is 0.0361. The lowest BCUT2D eigenvalue weighted by Crippen LogP contribution is -2.32. The maximum absolute atomic E-state index is 11.6. The SMILES string of the molecule is NCCC(N)C(=O)c1ccccc1. The second-order valence-electron chi connectivity index (χ2n) is 2.91. The third kappa shape index (κ3) is 2.65. The Morgan fingerprint density at radius 2 is 1.92 bits per heavy atom. The summed E-state index contributed by atoms with van der Waals surface area (Å²) in [6.07, 6.45) is 0.535. The quantitative estimate of drug-likeness (QED) is 0.661. The van der Waals surface area contributed by atoms with Crippen molar-refractivity contribution >= 4 is 5.78 Å². The van der Waals surface area contributed by atoms with E-state index >= 15 is 0 Å². The van der Waals surface area contributed by atoms with Gasteiger partial charge in [0.25, 0.3) is 0 Å². The maximum Gasteiger partial charge on any atom is 0.179 e. The Balaban J connectivity index is 2.68. The van der Waals surface area contributed by atoms with Crippen LogP contribution in [0.4, 0.5) is 0 Å². The van der Waals surface area contributed by atoms with E-state index in [1.807, 2.05) is 18.2 Å². The molecule has 0 fully saturated rings. The van der Waals surface area contributed by atoms with Crippen molar-refractivity contribution in [3.05, 3.63) is 35.9 Å². The van der Waals surface area contributed by atoms with E-state index in [0.717, 1.165) is 0 Å². The highest BCUT2D eigenvalue weighted by Gasteiger charge is 2.13. The number of hydrogen-bond acceptors (Lipinski definition) is 3. The lowest BCUT2D eigenvalue weighted by molar-refractivity contribution is 0.0958. The smallest absolute Gasteiger partial charge is 0.179 e. The van der Waals surface area contributed by atoms with Gasteiger partial charge in [-0.3, -0.25) is 4.79 Å². The summed E-state index contributed by atoms with van der Waals surface area (Å²) in [6, 6.07) is 8.57. The van der Waals surface area contributed by atoms with Gasteiger partial charge in [0.2, 0.25) is 0 Å². The van der Waals surface area contributed by atoms with Crippen LogP contribution in [0.1, 0.15) is 16.8 Å². The van der Waals surface area contributed by atoms with Crippen molar-refractivity contribution in [3.63, 3.8) is 0 Å². The normalized spacial score (nSPS) is 12.5. The summed E-state index contributed by atoms with van der Waals surface area (Å²) in [6.45, 7) is 0.444. The van der Waals surface area contributed by atoms with Gasteiger partial charge in [-0.25, -0.2) is 0 Å². The Kier molecular flexibility index (Phi) is 3.61. The molecule has 1 aromatic rings. The van der Waals surface area contributed by atoms with Crippen molar-refractivity contribution in [2.45, 2.75) is 12.5 Å². The minimum Gasteiger partial charge on any atom is -0.330 e. The highest BCUT2D eigenvalue weighted by atomic mass is 16.1. The average Bonchev–Trinajstić information content (AvgIpc) is 2.18. The maximum atomic E-state index is 11.6. The molecule has 0 aliphatic carbocycles. The summed E-state index contributed by atoms with van der Waals surface area (Å²) >= 11 is 0. The molecule has 1 unspecified atom stereocenters. The highest BCUT2D eigenvalue weighted by Crippen LogP contribution is 2.03. The van der Waals surface area contributed by atoms with Crippen LogP contribution in [0.15, 0.2) is 30.3 Å². The lowest BCUT2D eigenvalue weighted by Gasteiger charge is -2.08. The third-order valence-electron chi connectivity index (χ3n) is 1.87. The molecule has 0 bridgehead atoms. The fraction of sp³-hybridized carbons (Fsp3) is 0.300. The van der Waals surface area contributed by atoms with Gasteiger partial charge in [0.05, 0.1) is 6.04 Å². The first-order valence-electron chi connectivity index (χ1n) is 4.30. The molecule has 70 valence electrons. The minimum atomic E-state index is -0.465. The molecule has 3 nitrogen and oxygen atoms in total. The van der Waals surface area contributed by atoms with Crippen LogP contribution in [0, 0.1) is 0 Å². The number of rotatable bonds is 4. The zero-order valence-corrected chi connectivity index (χ0v) is 7.44. The van der Waals surface area contributed by atoms with Gasteiger partial charge in [-0.05, 0) is 13.0 Å². The van der Waals surface area contributed by atoms with E-state index in [9.17, 15) is 4.79 Å². The first kappa shape index (κ1) is 9.89. The molecule has 3 heteroatoms. The third-order valence-corrected chi connectivity index (χ3v) is 1.87. The van der Waals surface area contributed by atoms with Crippen molar-refractivity contribution in [1.29, 1.82) is 0 Å². The predicted molar refractivity (Wildman–Crippen MR) is 52.4 cm³/mol. The van der Waals surface area contributed by atoms with Gasteiger partial charge in [0, 0.05) is 5.56 Å². The second kappa shape index (κ2) is 4.74. The van der Waals surface area contributed by atoms with E-state index in [4.69, 9.17) is 11.5 Å². The van der Waals surface area contributed by atoms with Crippen molar-refractivity contribution < 1.29 is 4.79 Å². The second-order valence-corrected chi connectivity index (χ2v) is 2.91. The van der Waals surface area contributed by atoms with Crippen LogP contribution in [0.25, 0.3) is 0 Å². The molecular weight excluding hydrogens is 164 g/mol. The van der Waals surface area contributed by atoms with Crippen LogP contribution in [-0.4, -0.2) is 18.4 Å². The molecule has 0 radical (unpaired) electrons. The van der Waals surface area contributed by atoms with Gasteiger partial charge in [-0.15, -0.1) is 0 Å². The number of carbonyl (C=O) groups is 1. The number of carbonyl (C=O) groups excluding carboxylic acids is 1. The highest BCUT2D eigenvalue weighted by molar-refractivity contribution is 5.99. The lowest BCUT2D eigenvalue weighted by atomic mass is 10.0. The van der Waals surface area contributed by atoms with Crippen LogP contribution in [-0.2, 0) is 0 Å². The van der Waals surface area contributed by atoms with Gasteiger partial charge in [-0.2, -0.15) is 0 Å². The Labute approximate surface area is 77.7 Å². The van der Waals surface area contributed by atoms with Crippen molar-refractivity contribution in [2.24, 2.45) is 11.5 Å². The summed E-state index contributed by atoms with van der Waals surface area (Å²) in [5.41, 5.74) is 11.6. The van der Waals surface area contributed by atoms with Crippen molar-refractivity contribution in [2.75, 3.05) is 6.54 Å². The molecule has 0 saturated carbocycles. The molecule has 0 heterocycles. The number of hydrogen-bond donors (Lipinski definition) is 2. The molecular formula is C10H14N2O. The first-order valence-corrected chi connectivity index (χ1v) is 4.30. The van der Waals surface area contributed by atoms with Gasteiger partial charge in [0.1, 0.15) is 0 Å². The van der Waals surface area contributed by atoms with E-state index in [2.05, 4.69) is 0 Å². The summed E-state index contributed by atoms with van der Waals surface area (Å²) < 4.78 is 0. The molecule has 4 N–H and O–H groups in total. The van der Waals surface area contributed by atoms with Gasteiger partial charge < -0.3 is 11.5 Å². The standard InChI is InChI=1S/C10H14N2O/c11-7-6-9(12)10(13)8-4-2-1-3-5-8/h1-5,9H,6-7,11-12H2. The van der Waals surface area contributed by atoms with Crippen LogP contribution in [0.3, 0.4) is 0 Å². The summed E-state index contributed by atoms with van der Waals surface area (Å²) in [5.74, 6) is -0.0361. The Morgan fingerprint density at radius 3 is 2.46 bits per heavy atom. The average molecular weight is 178 g/mol. The predicted octanol–water partition coefficient (Wildman–Crippen LogP) is 0.545. The van der Waals surface area contributed by atoms with Gasteiger partial charge in [-0.1, -0.05) is 30.3 Å². The molecule has 0 aliphatic heterocycles. The first-order chi connectivity index (χ1) is 6.25. The van der Waals surface area contributed by atoms with E-state index < -0.39 is 6.04 Å². The largest absolute Gasteiger partial charge is 0.330 e. The molecule has 1 aromatic carbocycles. The van der Waals surface area contributed by atoms with Crippen LogP contribution < -0.4 is 11.5 Å². The van der Waals surface area contributed by atoms with Crippen molar-refractivity contribution in [1.82, 2.24) is 0 Å². The molecule has 0 aromatic heterocycles. The fourth-order valence-corrected chi connectivity index (χ4v) is 1.13. The summed E-state index contributed by atoms with van der Waals surface area (Å²) in [4.78, 5) is 11.6. The van der Waals surface area contributed by atoms with Crippen molar-refractivity contribution in [3.8, 4) is 0 Å².